The van der Waals surface area contributed by atoms with Gasteiger partial charge in [0.2, 0.25) is 0 Å². The maximum Gasteiger partial charge on any atom is 0.320 e. The lowest BCUT2D eigenvalue weighted by molar-refractivity contribution is -0.138. The van der Waals surface area contributed by atoms with Gasteiger partial charge in [0.15, 0.2) is 0 Å². The standard InChI is InChI=1S/C6H10ClNO2/c1-4(7)3-8-5(2)6(9)10/h5,8H,1,3H2,2H3,(H,9,10)/t5-/m1/s1. The molecule has 0 aliphatic rings. The van der Waals surface area contributed by atoms with Gasteiger partial charge in [0.25, 0.3) is 0 Å². The fraction of sp³-hybridized carbons (Fsp3) is 0.500. The van der Waals surface area contributed by atoms with Crippen molar-refractivity contribution < 1.29 is 9.90 Å². The molecule has 0 aliphatic carbocycles. The molecule has 0 aromatic carbocycles. The van der Waals surface area contributed by atoms with E-state index in [-0.39, 0.29) is 0 Å². The second kappa shape index (κ2) is 4.30. The first-order valence-corrected chi connectivity index (χ1v) is 3.21. The van der Waals surface area contributed by atoms with Crippen molar-refractivity contribution >= 4 is 17.6 Å². The van der Waals surface area contributed by atoms with Crippen LogP contribution >= 0.6 is 11.6 Å². The van der Waals surface area contributed by atoms with Gasteiger partial charge in [0.05, 0.1) is 0 Å². The second-order valence-electron chi connectivity index (χ2n) is 1.96. The molecule has 0 radical (unpaired) electrons. The van der Waals surface area contributed by atoms with Gasteiger partial charge in [-0.25, -0.2) is 0 Å². The summed E-state index contributed by atoms with van der Waals surface area (Å²) >= 11 is 5.38. The molecule has 0 unspecified atom stereocenters. The van der Waals surface area contributed by atoms with Crippen LogP contribution in [-0.2, 0) is 4.79 Å². The average Bonchev–Trinajstić information content (AvgIpc) is 1.82. The molecule has 4 heteroatoms. The molecule has 0 amide bonds. The highest BCUT2D eigenvalue weighted by atomic mass is 35.5. The molecular weight excluding hydrogens is 154 g/mol. The molecule has 0 fully saturated rings. The van der Waals surface area contributed by atoms with E-state index in [4.69, 9.17) is 16.7 Å². The van der Waals surface area contributed by atoms with Crippen molar-refractivity contribution in [2.24, 2.45) is 0 Å². The highest BCUT2D eigenvalue weighted by molar-refractivity contribution is 6.29. The number of carboxylic acid groups (broad SMARTS) is 1. The van der Waals surface area contributed by atoms with Crippen molar-refractivity contribution in [3.05, 3.63) is 11.6 Å². The van der Waals surface area contributed by atoms with E-state index in [9.17, 15) is 4.79 Å². The zero-order valence-electron chi connectivity index (χ0n) is 5.72. The van der Waals surface area contributed by atoms with E-state index in [0.717, 1.165) is 0 Å². The smallest absolute Gasteiger partial charge is 0.320 e. The second-order valence-corrected chi connectivity index (χ2v) is 2.49. The van der Waals surface area contributed by atoms with E-state index < -0.39 is 12.0 Å². The van der Waals surface area contributed by atoms with Crippen LogP contribution in [0.15, 0.2) is 11.6 Å². The summed E-state index contributed by atoms with van der Waals surface area (Å²) in [6.07, 6.45) is 0. The topological polar surface area (TPSA) is 49.3 Å². The molecule has 58 valence electrons. The highest BCUT2D eigenvalue weighted by Gasteiger charge is 2.08. The van der Waals surface area contributed by atoms with Gasteiger partial charge in [0.1, 0.15) is 6.04 Å². The van der Waals surface area contributed by atoms with Gasteiger partial charge in [0, 0.05) is 11.6 Å². The molecule has 1 atom stereocenters. The SMILES string of the molecule is C=C(Cl)CN[C@H](C)C(=O)O. The summed E-state index contributed by atoms with van der Waals surface area (Å²) in [7, 11) is 0. The molecule has 0 spiro atoms. The maximum atomic E-state index is 10.2. The molecule has 0 heterocycles. The first kappa shape index (κ1) is 9.46. The Morgan fingerprint density at radius 1 is 1.90 bits per heavy atom. The van der Waals surface area contributed by atoms with E-state index in [1.165, 1.54) is 0 Å². The van der Waals surface area contributed by atoms with Crippen LogP contribution in [0.1, 0.15) is 6.92 Å². The maximum absolute atomic E-state index is 10.2. The van der Waals surface area contributed by atoms with Gasteiger partial charge in [-0.3, -0.25) is 10.1 Å². The number of rotatable bonds is 4. The fourth-order valence-electron chi connectivity index (χ4n) is 0.351. The molecule has 0 aromatic rings. The number of carbonyl (C=O) groups is 1. The summed E-state index contributed by atoms with van der Waals surface area (Å²) in [5.41, 5.74) is 0. The number of hydrogen-bond acceptors (Lipinski definition) is 2. The molecule has 0 aromatic heterocycles. The molecular formula is C6H10ClNO2. The van der Waals surface area contributed by atoms with Gasteiger partial charge in [-0.1, -0.05) is 18.2 Å². The summed E-state index contributed by atoms with van der Waals surface area (Å²) in [6, 6.07) is -0.574. The average molecular weight is 164 g/mol. The Morgan fingerprint density at radius 3 is 2.70 bits per heavy atom. The van der Waals surface area contributed by atoms with Crippen LogP contribution in [0, 0.1) is 0 Å². The van der Waals surface area contributed by atoms with Gasteiger partial charge in [-0.2, -0.15) is 0 Å². The molecule has 2 N–H and O–H groups in total. The van der Waals surface area contributed by atoms with E-state index in [2.05, 4.69) is 11.9 Å². The van der Waals surface area contributed by atoms with Gasteiger partial charge in [-0.05, 0) is 6.92 Å². The van der Waals surface area contributed by atoms with Crippen molar-refractivity contribution in [2.75, 3.05) is 6.54 Å². The first-order chi connectivity index (χ1) is 4.54. The van der Waals surface area contributed by atoms with Crippen LogP contribution in [-0.4, -0.2) is 23.7 Å². The molecule has 0 aliphatic heterocycles. The Kier molecular flexibility index (Phi) is 4.07. The van der Waals surface area contributed by atoms with Crippen molar-refractivity contribution in [3.8, 4) is 0 Å². The number of aliphatic carboxylic acids is 1. The van der Waals surface area contributed by atoms with E-state index in [1.807, 2.05) is 0 Å². The summed E-state index contributed by atoms with van der Waals surface area (Å²) in [6.45, 7) is 5.27. The third-order valence-electron chi connectivity index (χ3n) is 0.970. The molecule has 3 nitrogen and oxygen atoms in total. The summed E-state index contributed by atoms with van der Waals surface area (Å²) in [5.74, 6) is -0.891. The largest absolute Gasteiger partial charge is 0.480 e. The molecule has 10 heavy (non-hydrogen) atoms. The summed E-state index contributed by atoms with van der Waals surface area (Å²) in [5, 5.41) is 11.4. The van der Waals surface area contributed by atoms with Crippen LogP contribution in [0.3, 0.4) is 0 Å². The minimum Gasteiger partial charge on any atom is -0.480 e. The lowest BCUT2D eigenvalue weighted by atomic mass is 10.3. The van der Waals surface area contributed by atoms with Crippen LogP contribution in [0.4, 0.5) is 0 Å². The lowest BCUT2D eigenvalue weighted by Gasteiger charge is -2.06. The highest BCUT2D eigenvalue weighted by Crippen LogP contribution is 1.93. The van der Waals surface area contributed by atoms with Gasteiger partial charge < -0.3 is 5.11 Å². The minimum atomic E-state index is -0.891. The van der Waals surface area contributed by atoms with Crippen molar-refractivity contribution in [2.45, 2.75) is 13.0 Å². The minimum absolute atomic E-state index is 0.328. The molecule has 0 saturated carbocycles. The fourth-order valence-corrected chi connectivity index (χ4v) is 0.428. The number of carboxylic acids is 1. The van der Waals surface area contributed by atoms with Crippen molar-refractivity contribution in [1.29, 1.82) is 0 Å². The summed E-state index contributed by atoms with van der Waals surface area (Å²) in [4.78, 5) is 10.2. The van der Waals surface area contributed by atoms with E-state index in [1.54, 1.807) is 6.92 Å². The third kappa shape index (κ3) is 4.35. The zero-order chi connectivity index (χ0) is 8.15. The Bertz CT molecular complexity index is 147. The van der Waals surface area contributed by atoms with Crippen LogP contribution in [0.25, 0.3) is 0 Å². The lowest BCUT2D eigenvalue weighted by Crippen LogP contribution is -2.34. The number of halogens is 1. The zero-order valence-corrected chi connectivity index (χ0v) is 6.48. The quantitative estimate of drug-likeness (QED) is 0.645. The Labute approximate surface area is 64.7 Å². The Balaban J connectivity index is 3.49. The third-order valence-corrected chi connectivity index (χ3v) is 1.10. The first-order valence-electron chi connectivity index (χ1n) is 2.83. The van der Waals surface area contributed by atoms with E-state index >= 15 is 0 Å². The van der Waals surface area contributed by atoms with Crippen molar-refractivity contribution in [1.82, 2.24) is 5.32 Å². The molecule has 0 bridgehead atoms. The number of hydrogen-bond donors (Lipinski definition) is 2. The molecule has 0 saturated heterocycles. The van der Waals surface area contributed by atoms with E-state index in [0.29, 0.717) is 11.6 Å². The van der Waals surface area contributed by atoms with Crippen molar-refractivity contribution in [3.63, 3.8) is 0 Å². The normalized spacial score (nSPS) is 12.6. The predicted molar refractivity (Wildman–Crippen MR) is 40.1 cm³/mol. The Morgan fingerprint density at radius 2 is 2.40 bits per heavy atom. The number of nitrogens with one attached hydrogen (secondary N) is 1. The monoisotopic (exact) mass is 163 g/mol. The summed E-state index contributed by atoms with van der Waals surface area (Å²) < 4.78 is 0. The van der Waals surface area contributed by atoms with Crippen LogP contribution < -0.4 is 5.32 Å². The van der Waals surface area contributed by atoms with Gasteiger partial charge >= 0.3 is 5.97 Å². The van der Waals surface area contributed by atoms with Gasteiger partial charge in [-0.15, -0.1) is 0 Å². The van der Waals surface area contributed by atoms with Crippen LogP contribution in [0.5, 0.6) is 0 Å². The Hall–Kier alpha value is -0.540. The molecule has 0 rings (SSSR count). The van der Waals surface area contributed by atoms with Crippen LogP contribution in [0.2, 0.25) is 0 Å². The predicted octanol–water partition coefficient (Wildman–Crippen LogP) is 0.802.